The number of rotatable bonds is 5. The number of aromatic carboxylic acids is 1. The van der Waals surface area contributed by atoms with Crippen molar-refractivity contribution >= 4 is 23.0 Å². The van der Waals surface area contributed by atoms with Gasteiger partial charge in [-0.3, -0.25) is 10.1 Å². The normalized spacial score (nSPS) is 10.2. The maximum atomic E-state index is 13.5. The molecule has 0 fully saturated rings. The van der Waals surface area contributed by atoms with Gasteiger partial charge in [-0.05, 0) is 0 Å². The molecule has 0 aliphatic rings. The lowest BCUT2D eigenvalue weighted by molar-refractivity contribution is -0.385. The average Bonchev–Trinajstić information content (AvgIpc) is 2.88. The number of carboxylic acid groups (broad SMARTS) is 1. The molecule has 0 unspecified atom stereocenters. The van der Waals surface area contributed by atoms with E-state index >= 15 is 0 Å². The first-order chi connectivity index (χ1) is 9.92. The third-order valence-electron chi connectivity index (χ3n) is 2.44. The number of nitro groups is 1. The number of halogens is 1. The molecule has 0 spiro atoms. The number of benzene rings is 1. The molecule has 2 aromatic rings. The zero-order chi connectivity index (χ0) is 15.6. The van der Waals surface area contributed by atoms with Crippen LogP contribution in [0.1, 0.15) is 9.67 Å². The summed E-state index contributed by atoms with van der Waals surface area (Å²) in [7, 11) is 1.21. The molecule has 0 saturated heterocycles. The Bertz CT molecular complexity index is 714. The summed E-state index contributed by atoms with van der Waals surface area (Å²) in [5, 5.41) is 21.1. The number of thiophene rings is 1. The van der Waals surface area contributed by atoms with E-state index in [1.807, 2.05) is 0 Å². The molecule has 0 aliphatic heterocycles. The molecule has 1 aromatic heterocycles. The van der Waals surface area contributed by atoms with E-state index in [0.29, 0.717) is 6.07 Å². The number of hydrogen-bond acceptors (Lipinski definition) is 6. The Kier molecular flexibility index (Phi) is 4.03. The molecule has 0 saturated carbocycles. The van der Waals surface area contributed by atoms with Gasteiger partial charge in [0.2, 0.25) is 5.75 Å². The lowest BCUT2D eigenvalue weighted by Crippen LogP contribution is -1.97. The van der Waals surface area contributed by atoms with Crippen LogP contribution in [-0.2, 0) is 0 Å². The van der Waals surface area contributed by atoms with Crippen LogP contribution in [0.2, 0.25) is 0 Å². The second kappa shape index (κ2) is 5.75. The SMILES string of the molecule is COc1cc(Oc2csc(C(=O)O)c2)c([N+](=O)[O-])cc1F. The van der Waals surface area contributed by atoms with E-state index < -0.39 is 22.4 Å². The Morgan fingerprint density at radius 1 is 1.38 bits per heavy atom. The van der Waals surface area contributed by atoms with Crippen LogP contribution in [0, 0.1) is 15.9 Å². The molecule has 110 valence electrons. The minimum Gasteiger partial charge on any atom is -0.494 e. The molecule has 1 aromatic carbocycles. The van der Waals surface area contributed by atoms with E-state index in [-0.39, 0.29) is 22.1 Å². The van der Waals surface area contributed by atoms with Crippen molar-refractivity contribution in [1.82, 2.24) is 0 Å². The monoisotopic (exact) mass is 313 g/mol. The molecule has 0 bridgehead atoms. The van der Waals surface area contributed by atoms with E-state index in [9.17, 15) is 19.3 Å². The first-order valence-electron chi connectivity index (χ1n) is 5.44. The summed E-state index contributed by atoms with van der Waals surface area (Å²) < 4.78 is 23.5. The van der Waals surface area contributed by atoms with Crippen molar-refractivity contribution < 1.29 is 28.7 Å². The molecule has 0 aliphatic carbocycles. The number of nitrogens with zero attached hydrogens (tertiary/aromatic N) is 1. The first kappa shape index (κ1) is 14.7. The van der Waals surface area contributed by atoms with E-state index in [1.54, 1.807) is 0 Å². The summed E-state index contributed by atoms with van der Waals surface area (Å²) in [5.74, 6) is -2.39. The smallest absolute Gasteiger partial charge is 0.346 e. The van der Waals surface area contributed by atoms with Gasteiger partial charge in [0, 0.05) is 17.5 Å². The summed E-state index contributed by atoms with van der Waals surface area (Å²) in [6.45, 7) is 0. The van der Waals surface area contributed by atoms with Crippen LogP contribution in [0.4, 0.5) is 10.1 Å². The summed E-state index contributed by atoms with van der Waals surface area (Å²) in [6, 6.07) is 2.93. The maximum Gasteiger partial charge on any atom is 0.346 e. The molecule has 7 nitrogen and oxygen atoms in total. The Hall–Kier alpha value is -2.68. The maximum absolute atomic E-state index is 13.5. The minimum absolute atomic E-state index is 0.0155. The molecular formula is C12H8FNO6S. The zero-order valence-electron chi connectivity index (χ0n) is 10.5. The topological polar surface area (TPSA) is 98.9 Å². The molecule has 0 amide bonds. The average molecular weight is 313 g/mol. The van der Waals surface area contributed by atoms with Gasteiger partial charge in [0.15, 0.2) is 11.6 Å². The molecule has 21 heavy (non-hydrogen) atoms. The lowest BCUT2D eigenvalue weighted by Gasteiger charge is -2.07. The Balaban J connectivity index is 2.41. The van der Waals surface area contributed by atoms with E-state index in [1.165, 1.54) is 18.6 Å². The summed E-state index contributed by atoms with van der Waals surface area (Å²) in [5.41, 5.74) is -0.587. The highest BCUT2D eigenvalue weighted by Crippen LogP contribution is 2.37. The van der Waals surface area contributed by atoms with Crippen molar-refractivity contribution in [2.45, 2.75) is 0 Å². The zero-order valence-corrected chi connectivity index (χ0v) is 11.3. The molecule has 0 atom stereocenters. The quantitative estimate of drug-likeness (QED) is 0.671. The van der Waals surface area contributed by atoms with Gasteiger partial charge in [-0.2, -0.15) is 0 Å². The van der Waals surface area contributed by atoms with Gasteiger partial charge in [0.05, 0.1) is 18.1 Å². The van der Waals surface area contributed by atoms with E-state index in [4.69, 9.17) is 14.6 Å². The molecule has 2 rings (SSSR count). The van der Waals surface area contributed by atoms with Gasteiger partial charge in [-0.1, -0.05) is 0 Å². The highest BCUT2D eigenvalue weighted by atomic mass is 32.1. The van der Waals surface area contributed by atoms with Crippen LogP contribution in [-0.4, -0.2) is 23.1 Å². The molecule has 1 heterocycles. The minimum atomic E-state index is -1.14. The first-order valence-corrected chi connectivity index (χ1v) is 6.32. The molecule has 0 radical (unpaired) electrons. The van der Waals surface area contributed by atoms with Crippen LogP contribution in [0.25, 0.3) is 0 Å². The van der Waals surface area contributed by atoms with E-state index in [2.05, 4.69) is 0 Å². The van der Waals surface area contributed by atoms with Crippen molar-refractivity contribution in [1.29, 1.82) is 0 Å². The molecule has 9 heteroatoms. The van der Waals surface area contributed by atoms with Crippen molar-refractivity contribution in [2.75, 3.05) is 7.11 Å². The van der Waals surface area contributed by atoms with Gasteiger partial charge >= 0.3 is 11.7 Å². The Morgan fingerprint density at radius 2 is 2.10 bits per heavy atom. The van der Waals surface area contributed by atoms with Crippen LogP contribution in [0.5, 0.6) is 17.2 Å². The van der Waals surface area contributed by atoms with Crippen molar-refractivity contribution in [3.8, 4) is 17.2 Å². The van der Waals surface area contributed by atoms with Gasteiger partial charge in [0.25, 0.3) is 0 Å². The van der Waals surface area contributed by atoms with Gasteiger partial charge in [-0.25, -0.2) is 9.18 Å². The summed E-state index contributed by atoms with van der Waals surface area (Å²) in [6.07, 6.45) is 0. The molecule has 1 N–H and O–H groups in total. The number of ether oxygens (including phenoxy) is 2. The Labute approximate surface area is 121 Å². The van der Waals surface area contributed by atoms with Crippen molar-refractivity contribution in [3.05, 3.63) is 44.4 Å². The fraction of sp³-hybridized carbons (Fsp3) is 0.0833. The third kappa shape index (κ3) is 3.08. The fourth-order valence-electron chi connectivity index (χ4n) is 1.52. The summed E-state index contributed by atoms with van der Waals surface area (Å²) in [4.78, 5) is 20.9. The predicted octanol–water partition coefficient (Wildman–Crippen LogP) is 3.29. The lowest BCUT2D eigenvalue weighted by atomic mass is 10.2. The van der Waals surface area contributed by atoms with Crippen LogP contribution >= 0.6 is 11.3 Å². The third-order valence-corrected chi connectivity index (χ3v) is 3.34. The standard InChI is InChI=1S/C12H8FNO6S/c1-19-9-4-10(8(14(17)18)3-7(9)13)20-6-2-11(12(15)16)21-5-6/h2-5H,1H3,(H,15,16). The van der Waals surface area contributed by atoms with E-state index in [0.717, 1.165) is 17.4 Å². The fourth-order valence-corrected chi connectivity index (χ4v) is 2.16. The summed E-state index contributed by atoms with van der Waals surface area (Å²) >= 11 is 0.905. The number of carbonyl (C=O) groups is 1. The predicted molar refractivity (Wildman–Crippen MR) is 71.0 cm³/mol. The van der Waals surface area contributed by atoms with Crippen LogP contribution in [0.15, 0.2) is 23.6 Å². The van der Waals surface area contributed by atoms with Gasteiger partial charge in [-0.15, -0.1) is 11.3 Å². The van der Waals surface area contributed by atoms with Gasteiger partial charge in [0.1, 0.15) is 10.6 Å². The van der Waals surface area contributed by atoms with Crippen molar-refractivity contribution in [2.24, 2.45) is 0 Å². The highest BCUT2D eigenvalue weighted by molar-refractivity contribution is 7.12. The second-order valence-electron chi connectivity index (χ2n) is 3.77. The highest BCUT2D eigenvalue weighted by Gasteiger charge is 2.21. The number of carboxylic acids is 1. The Morgan fingerprint density at radius 3 is 2.62 bits per heavy atom. The van der Waals surface area contributed by atoms with Gasteiger partial charge < -0.3 is 14.6 Å². The largest absolute Gasteiger partial charge is 0.494 e. The van der Waals surface area contributed by atoms with Crippen molar-refractivity contribution in [3.63, 3.8) is 0 Å². The second-order valence-corrected chi connectivity index (χ2v) is 4.68. The number of methoxy groups -OCH3 is 1. The van der Waals surface area contributed by atoms with Crippen LogP contribution < -0.4 is 9.47 Å². The number of nitro benzene ring substituents is 1. The van der Waals surface area contributed by atoms with Crippen LogP contribution in [0.3, 0.4) is 0 Å². The number of hydrogen-bond donors (Lipinski definition) is 1. The molecular weight excluding hydrogens is 305 g/mol.